The normalized spacial score (nSPS) is 26.9. The number of ether oxygens (including phenoxy) is 2. The molecule has 32 heavy (non-hydrogen) atoms. The molecule has 1 aliphatic heterocycles. The van der Waals surface area contributed by atoms with E-state index >= 15 is 0 Å². The Balaban J connectivity index is 1.78. The van der Waals surface area contributed by atoms with Gasteiger partial charge in [0.05, 0.1) is 7.11 Å². The fourth-order valence-corrected chi connectivity index (χ4v) is 4.37. The summed E-state index contributed by atoms with van der Waals surface area (Å²) in [6.45, 7) is 2.19. The van der Waals surface area contributed by atoms with E-state index in [9.17, 15) is 19.6 Å². The zero-order chi connectivity index (χ0) is 23.8. The Morgan fingerprint density at radius 1 is 1.47 bits per heavy atom. The molecule has 15 nitrogen and oxygen atoms in total. The van der Waals surface area contributed by atoms with Crippen molar-refractivity contribution < 1.29 is 43.7 Å². The molecule has 6 atom stereocenters. The van der Waals surface area contributed by atoms with Crippen LogP contribution in [0.5, 0.6) is 5.88 Å². The lowest BCUT2D eigenvalue weighted by molar-refractivity contribution is -0.230. The number of methoxy groups -OCH3 is 1. The van der Waals surface area contributed by atoms with E-state index in [1.54, 1.807) is 0 Å². The van der Waals surface area contributed by atoms with Gasteiger partial charge in [-0.05, 0) is 18.4 Å². The van der Waals surface area contributed by atoms with Gasteiger partial charge < -0.3 is 30.5 Å². The molecule has 17 heteroatoms. The van der Waals surface area contributed by atoms with E-state index in [1.807, 2.05) is 22.6 Å². The first kappa shape index (κ1) is 24.8. The average Bonchev–Trinajstić information content (AvgIpc) is 3.14. The zero-order valence-corrected chi connectivity index (χ0v) is 20.1. The lowest BCUT2D eigenvalue weighted by Crippen LogP contribution is -2.44. The first-order valence-corrected chi connectivity index (χ1v) is 11.3. The molecular formula is C15H21IN6O9P+. The number of aliphatic hydroxyl groups excluding tert-OH is 1. The van der Waals surface area contributed by atoms with Gasteiger partial charge in [0.15, 0.2) is 21.2 Å². The molecule has 0 bridgehead atoms. The van der Waals surface area contributed by atoms with Crippen molar-refractivity contribution in [2.75, 3.05) is 19.5 Å². The molecular weight excluding hydrogens is 566 g/mol. The fraction of sp³-hybridized carbons (Fsp3) is 0.600. The van der Waals surface area contributed by atoms with Crippen LogP contribution in [0.25, 0.3) is 11.2 Å². The van der Waals surface area contributed by atoms with Gasteiger partial charge in [-0.15, -0.1) is 0 Å². The maximum absolute atomic E-state index is 11.7. The Bertz CT molecular complexity index is 1040. The highest BCUT2D eigenvalue weighted by Crippen LogP contribution is 2.41. The number of nitrogens with two attached hydrogens (primary N) is 1. The number of halogens is 1. The third-order valence-corrected chi connectivity index (χ3v) is 6.29. The predicted molar refractivity (Wildman–Crippen MR) is 114 cm³/mol. The molecule has 0 spiro atoms. The number of aliphatic carboxylic acids is 1. The second-order valence-electron chi connectivity index (χ2n) is 7.02. The van der Waals surface area contributed by atoms with Crippen molar-refractivity contribution in [2.24, 2.45) is 0 Å². The number of aromatic nitrogens is 4. The number of rotatable bonds is 9. The summed E-state index contributed by atoms with van der Waals surface area (Å²) < 4.78 is 29.0. The lowest BCUT2D eigenvalue weighted by Gasteiger charge is -2.27. The van der Waals surface area contributed by atoms with Gasteiger partial charge in [-0.3, -0.25) is 9.36 Å². The summed E-state index contributed by atoms with van der Waals surface area (Å²) in [5, 5.41) is 32.5. The van der Waals surface area contributed by atoms with Crippen LogP contribution in [-0.4, -0.2) is 78.4 Å². The molecule has 1 fully saturated rings. The van der Waals surface area contributed by atoms with E-state index < -0.39 is 50.8 Å². The molecule has 3 rings (SSSR count). The summed E-state index contributed by atoms with van der Waals surface area (Å²) in [7, 11) is -1.27. The molecule has 0 aromatic carbocycles. The highest BCUT2D eigenvalue weighted by molar-refractivity contribution is 14.1. The number of carbonyl (C=O) groups is 1. The Kier molecular flexibility index (Phi) is 7.45. The van der Waals surface area contributed by atoms with Gasteiger partial charge in [-0.2, -0.15) is 14.9 Å². The van der Waals surface area contributed by atoms with Crippen molar-refractivity contribution in [3.8, 4) is 5.88 Å². The number of hydrogen-bond donors (Lipinski definition) is 5. The summed E-state index contributed by atoms with van der Waals surface area (Å²) in [6.07, 6.45) is -3.72. The quantitative estimate of drug-likeness (QED) is 0.0838. The molecule has 0 saturated carbocycles. The summed E-state index contributed by atoms with van der Waals surface area (Å²) in [4.78, 5) is 28.0. The van der Waals surface area contributed by atoms with Gasteiger partial charge in [0.2, 0.25) is 11.8 Å². The van der Waals surface area contributed by atoms with Crippen molar-refractivity contribution >= 4 is 53.9 Å². The molecule has 1 unspecified atom stereocenters. The van der Waals surface area contributed by atoms with Crippen molar-refractivity contribution in [1.29, 1.82) is 0 Å². The number of nitrogen functional groups attached to an aromatic ring is 1. The Morgan fingerprint density at radius 2 is 2.16 bits per heavy atom. The third-order valence-electron chi connectivity index (χ3n) is 4.69. The SMILES string of the molecule is COc1nc(N)nc2c1nc(I)n2[C@@H]1O[C@H](COO[P+](=O)N[C@@H](C)C(=O)O)[C@@H](O)[C@@]1(C)O. The molecule has 176 valence electrons. The molecule has 0 radical (unpaired) electrons. The first-order chi connectivity index (χ1) is 15.0. The number of nitrogens with zero attached hydrogens (tertiary/aromatic N) is 4. The van der Waals surface area contributed by atoms with Crippen LogP contribution in [0.1, 0.15) is 20.1 Å². The molecule has 2 aromatic rings. The summed E-state index contributed by atoms with van der Waals surface area (Å²) in [5.41, 5.74) is 4.40. The molecule has 0 amide bonds. The van der Waals surface area contributed by atoms with Crippen LogP contribution >= 0.6 is 30.8 Å². The van der Waals surface area contributed by atoms with Crippen LogP contribution in [0.2, 0.25) is 0 Å². The highest BCUT2D eigenvalue weighted by Gasteiger charge is 2.54. The van der Waals surface area contributed by atoms with Crippen LogP contribution in [0.4, 0.5) is 5.95 Å². The Hall–Kier alpha value is -1.79. The number of imidazole rings is 1. The van der Waals surface area contributed by atoms with E-state index in [1.165, 1.54) is 25.5 Å². The minimum absolute atomic E-state index is 0.0923. The smallest absolute Gasteiger partial charge is 0.480 e. The fourth-order valence-electron chi connectivity index (χ4n) is 3.02. The monoisotopic (exact) mass is 587 g/mol. The molecule has 0 aliphatic carbocycles. The van der Waals surface area contributed by atoms with Crippen LogP contribution in [0, 0.1) is 3.83 Å². The van der Waals surface area contributed by atoms with E-state index in [0.29, 0.717) is 3.83 Å². The standard InChI is InChI=1S/C15H20IN6O9P/c1-5(11(24)25)21-32(27)31-29-4-6-8(23)15(2,26)12(30-6)22-9-7(18-13(22)16)10(28-3)20-14(17)19-9/h5-6,8,12,23,26H,4H2,1-3H3,(H3-,17,19,20,21,24,25,27)/p+1/t5-,6+,8+,12+,15+/m0/s1. The number of aliphatic hydroxyl groups is 2. The topological polar surface area (TPSA) is 213 Å². The van der Waals surface area contributed by atoms with Crippen LogP contribution in [0.3, 0.4) is 0 Å². The minimum atomic E-state index is -2.66. The van der Waals surface area contributed by atoms with Crippen molar-refractivity contribution in [1.82, 2.24) is 24.6 Å². The van der Waals surface area contributed by atoms with Gasteiger partial charge >= 0.3 is 14.1 Å². The molecule has 6 N–H and O–H groups in total. The summed E-state index contributed by atoms with van der Waals surface area (Å²) in [6, 6.07) is -1.14. The molecule has 2 aromatic heterocycles. The Morgan fingerprint density at radius 3 is 2.78 bits per heavy atom. The number of carboxylic acid groups (broad SMARTS) is 1. The number of hydrogen-bond acceptors (Lipinski definition) is 12. The number of fused-ring (bicyclic) bond motifs is 1. The summed E-state index contributed by atoms with van der Waals surface area (Å²) in [5.74, 6) is -1.19. The van der Waals surface area contributed by atoms with Crippen LogP contribution in [0.15, 0.2) is 0 Å². The minimum Gasteiger partial charge on any atom is -0.480 e. The number of anilines is 1. The van der Waals surface area contributed by atoms with Gasteiger partial charge in [0.1, 0.15) is 30.5 Å². The lowest BCUT2D eigenvalue weighted by atomic mass is 9.96. The van der Waals surface area contributed by atoms with Gasteiger partial charge in [-0.1, -0.05) is 5.09 Å². The van der Waals surface area contributed by atoms with E-state index in [-0.39, 0.29) is 23.0 Å². The molecule has 1 saturated heterocycles. The van der Waals surface area contributed by atoms with Gasteiger partial charge in [0.25, 0.3) is 0 Å². The van der Waals surface area contributed by atoms with E-state index in [2.05, 4.69) is 24.7 Å². The largest absolute Gasteiger partial charge is 0.644 e. The van der Waals surface area contributed by atoms with E-state index in [4.69, 9.17) is 25.2 Å². The van der Waals surface area contributed by atoms with Crippen molar-refractivity contribution in [2.45, 2.75) is 43.9 Å². The third kappa shape index (κ3) is 4.76. The van der Waals surface area contributed by atoms with E-state index in [0.717, 1.165) is 0 Å². The highest BCUT2D eigenvalue weighted by atomic mass is 127. The number of nitrogens with one attached hydrogen (secondary N) is 1. The maximum Gasteiger partial charge on any atom is 0.644 e. The van der Waals surface area contributed by atoms with Crippen molar-refractivity contribution in [3.05, 3.63) is 3.83 Å². The van der Waals surface area contributed by atoms with Crippen LogP contribution < -0.4 is 15.6 Å². The maximum atomic E-state index is 11.7. The van der Waals surface area contributed by atoms with Gasteiger partial charge in [0, 0.05) is 27.3 Å². The first-order valence-electron chi connectivity index (χ1n) is 9.04. The second-order valence-corrected chi connectivity index (χ2v) is 8.90. The molecule has 1 aliphatic rings. The average molecular weight is 587 g/mol. The Labute approximate surface area is 195 Å². The van der Waals surface area contributed by atoms with Gasteiger partial charge in [-0.25, -0.2) is 4.98 Å². The number of carboxylic acids is 1. The second kappa shape index (κ2) is 9.60. The van der Waals surface area contributed by atoms with Crippen molar-refractivity contribution in [3.63, 3.8) is 0 Å². The van der Waals surface area contributed by atoms with Crippen LogP contribution in [-0.2, 0) is 23.7 Å². The summed E-state index contributed by atoms with van der Waals surface area (Å²) >= 11 is 1.90. The molecule has 3 heterocycles. The predicted octanol–water partition coefficient (Wildman–Crippen LogP) is -0.301. The zero-order valence-electron chi connectivity index (χ0n) is 17.0.